The molecule has 1 aliphatic rings. The Kier molecular flexibility index (Phi) is 4.42. The maximum absolute atomic E-state index is 11.9. The average Bonchev–Trinajstić information content (AvgIpc) is 3.26. The molecule has 7 heteroatoms. The number of amides is 1. The molecule has 128 valence electrons. The molecule has 0 saturated carbocycles. The minimum atomic E-state index is -0.510. The summed E-state index contributed by atoms with van der Waals surface area (Å²) in [5, 5.41) is 8.23. The molecule has 6 nitrogen and oxygen atoms in total. The number of imidazole rings is 1. The van der Waals surface area contributed by atoms with Crippen molar-refractivity contribution in [1.82, 2.24) is 20.6 Å². The number of benzene rings is 2. The van der Waals surface area contributed by atoms with Crippen LogP contribution in [0.4, 0.5) is 4.79 Å². The molecule has 2 heterocycles. The van der Waals surface area contributed by atoms with Crippen LogP contribution in [0.2, 0.25) is 0 Å². The summed E-state index contributed by atoms with van der Waals surface area (Å²) in [5.41, 5.74) is 1.78. The predicted molar refractivity (Wildman–Crippen MR) is 99.4 cm³/mol. The summed E-state index contributed by atoms with van der Waals surface area (Å²) in [5.74, 6) is 0. The normalized spacial score (nSPS) is 16.9. The quantitative estimate of drug-likeness (QED) is 0.624. The fourth-order valence-corrected chi connectivity index (χ4v) is 3.33. The number of hydrogen-bond donors (Lipinski definition) is 3. The Morgan fingerprint density at radius 1 is 1.24 bits per heavy atom. The van der Waals surface area contributed by atoms with E-state index in [1.165, 1.54) is 0 Å². The van der Waals surface area contributed by atoms with E-state index in [9.17, 15) is 4.79 Å². The highest BCUT2D eigenvalue weighted by Gasteiger charge is 2.18. The summed E-state index contributed by atoms with van der Waals surface area (Å²) in [6, 6.07) is 12.4. The first kappa shape index (κ1) is 16.1. The van der Waals surface area contributed by atoms with Crippen LogP contribution >= 0.6 is 15.9 Å². The Morgan fingerprint density at radius 3 is 2.92 bits per heavy atom. The summed E-state index contributed by atoms with van der Waals surface area (Å²) >= 11 is 3.48. The molecular weight excluding hydrogens is 384 g/mol. The van der Waals surface area contributed by atoms with Crippen LogP contribution in [0.25, 0.3) is 22.0 Å². The van der Waals surface area contributed by atoms with Crippen LogP contribution in [0.5, 0.6) is 6.01 Å². The van der Waals surface area contributed by atoms with Gasteiger partial charge in [0.1, 0.15) is 0 Å². The van der Waals surface area contributed by atoms with Crippen LogP contribution in [0, 0.1) is 0 Å². The van der Waals surface area contributed by atoms with Crippen LogP contribution in [0.3, 0.4) is 0 Å². The summed E-state index contributed by atoms with van der Waals surface area (Å²) in [6.45, 7) is 0.911. The Hall–Kier alpha value is -2.38. The van der Waals surface area contributed by atoms with Gasteiger partial charge in [-0.25, -0.2) is 9.78 Å². The molecule has 1 saturated heterocycles. The number of H-pyrrole nitrogens is 1. The maximum atomic E-state index is 11.9. The van der Waals surface area contributed by atoms with Crippen molar-refractivity contribution in [1.29, 1.82) is 0 Å². The summed E-state index contributed by atoms with van der Waals surface area (Å²) in [7, 11) is 0. The first-order valence-corrected chi connectivity index (χ1v) is 8.93. The highest BCUT2D eigenvalue weighted by atomic mass is 79.9. The number of aromatic amines is 1. The number of aromatic nitrogens is 2. The second kappa shape index (κ2) is 6.85. The Balaban J connectivity index is 1.48. The number of halogens is 1. The number of nitrogens with zero attached hydrogens (tertiary/aromatic N) is 1. The van der Waals surface area contributed by atoms with Gasteiger partial charge < -0.3 is 15.0 Å². The highest BCUT2D eigenvalue weighted by Crippen LogP contribution is 2.26. The molecule has 0 bridgehead atoms. The van der Waals surface area contributed by atoms with Gasteiger partial charge in [0.25, 0.3) is 0 Å². The highest BCUT2D eigenvalue weighted by molar-refractivity contribution is 9.10. The van der Waals surface area contributed by atoms with Gasteiger partial charge in [0, 0.05) is 10.0 Å². The maximum Gasteiger partial charge on any atom is 0.416 e. The number of hydrogen-bond acceptors (Lipinski definition) is 4. The van der Waals surface area contributed by atoms with Crippen LogP contribution < -0.4 is 15.4 Å². The van der Waals surface area contributed by atoms with Crippen LogP contribution in [0.1, 0.15) is 12.8 Å². The Morgan fingerprint density at radius 2 is 2.08 bits per heavy atom. The van der Waals surface area contributed by atoms with Crippen molar-refractivity contribution < 1.29 is 9.53 Å². The summed E-state index contributed by atoms with van der Waals surface area (Å²) < 4.78 is 6.27. The molecule has 1 aromatic heterocycles. The van der Waals surface area contributed by atoms with Crippen LogP contribution in [-0.2, 0) is 0 Å². The minimum Gasteiger partial charge on any atom is -0.375 e. The zero-order valence-electron chi connectivity index (χ0n) is 13.4. The second-order valence-corrected chi connectivity index (χ2v) is 6.91. The lowest BCUT2D eigenvalue weighted by molar-refractivity contribution is 0.191. The van der Waals surface area contributed by atoms with E-state index in [1.807, 2.05) is 12.1 Å². The predicted octanol–water partition coefficient (Wildman–Crippen LogP) is 3.79. The molecule has 0 unspecified atom stereocenters. The van der Waals surface area contributed by atoms with Crippen molar-refractivity contribution in [2.45, 2.75) is 19.0 Å². The zero-order chi connectivity index (χ0) is 17.2. The van der Waals surface area contributed by atoms with Gasteiger partial charge in [0.2, 0.25) is 0 Å². The van der Waals surface area contributed by atoms with E-state index in [0.29, 0.717) is 0 Å². The van der Waals surface area contributed by atoms with Gasteiger partial charge in [-0.3, -0.25) is 5.32 Å². The molecule has 3 N–H and O–H groups in total. The first-order chi connectivity index (χ1) is 12.2. The number of carbonyl (C=O) groups excluding carboxylic acids is 1. The SMILES string of the molecule is O=C(N[C@H]1CCCN1)Oc1ncc(-c2ccc3cc(Br)ccc3c2)[nH]1. The van der Waals surface area contributed by atoms with Gasteiger partial charge in [0.05, 0.1) is 18.1 Å². The number of carbonyl (C=O) groups is 1. The van der Waals surface area contributed by atoms with Crippen molar-refractivity contribution >= 4 is 32.8 Å². The molecule has 25 heavy (non-hydrogen) atoms. The number of ether oxygens (including phenoxy) is 1. The molecule has 3 aromatic rings. The van der Waals surface area contributed by atoms with E-state index < -0.39 is 6.09 Å². The third-order valence-electron chi connectivity index (χ3n) is 4.21. The van der Waals surface area contributed by atoms with E-state index in [-0.39, 0.29) is 12.2 Å². The monoisotopic (exact) mass is 400 g/mol. The van der Waals surface area contributed by atoms with Gasteiger partial charge in [0.15, 0.2) is 0 Å². The van der Waals surface area contributed by atoms with Crippen molar-refractivity contribution in [3.8, 4) is 17.3 Å². The molecule has 0 radical (unpaired) electrons. The molecule has 4 rings (SSSR count). The minimum absolute atomic E-state index is 0.0262. The topological polar surface area (TPSA) is 79.0 Å². The molecule has 0 spiro atoms. The van der Waals surface area contributed by atoms with E-state index in [0.717, 1.165) is 45.9 Å². The molecule has 0 aliphatic carbocycles. The smallest absolute Gasteiger partial charge is 0.375 e. The van der Waals surface area contributed by atoms with E-state index >= 15 is 0 Å². The van der Waals surface area contributed by atoms with Crippen molar-refractivity contribution in [3.05, 3.63) is 47.1 Å². The van der Waals surface area contributed by atoms with Crippen molar-refractivity contribution in [3.63, 3.8) is 0 Å². The average molecular weight is 401 g/mol. The van der Waals surface area contributed by atoms with Gasteiger partial charge in [-0.2, -0.15) is 0 Å². The van der Waals surface area contributed by atoms with E-state index in [2.05, 4.69) is 60.8 Å². The molecule has 2 aromatic carbocycles. The van der Waals surface area contributed by atoms with Gasteiger partial charge in [-0.15, -0.1) is 0 Å². The van der Waals surface area contributed by atoms with E-state index in [4.69, 9.17) is 4.74 Å². The lowest BCUT2D eigenvalue weighted by Crippen LogP contribution is -2.42. The van der Waals surface area contributed by atoms with Crippen LogP contribution in [-0.4, -0.2) is 28.8 Å². The largest absolute Gasteiger partial charge is 0.416 e. The second-order valence-electron chi connectivity index (χ2n) is 5.99. The molecule has 1 fully saturated rings. The number of nitrogens with one attached hydrogen (secondary N) is 3. The standard InChI is InChI=1S/C18H17BrN4O2/c19-14-6-5-11-8-13(4-3-12(11)9-14)15-10-21-17(22-15)25-18(24)23-16-2-1-7-20-16/h3-6,8-10,16,20H,1-2,7H2,(H,21,22)(H,23,24)/t16-/m0/s1. The Labute approximate surface area is 153 Å². The first-order valence-electron chi connectivity index (χ1n) is 8.14. The molecule has 1 atom stereocenters. The third kappa shape index (κ3) is 3.67. The zero-order valence-corrected chi connectivity index (χ0v) is 15.0. The molecule has 1 aliphatic heterocycles. The van der Waals surface area contributed by atoms with Gasteiger partial charge in [-0.1, -0.05) is 34.1 Å². The van der Waals surface area contributed by atoms with Crippen molar-refractivity contribution in [2.24, 2.45) is 0 Å². The number of fused-ring (bicyclic) bond motifs is 1. The van der Waals surface area contributed by atoms with Gasteiger partial charge in [-0.05, 0) is 48.4 Å². The fraction of sp³-hybridized carbons (Fsp3) is 0.222. The molecular formula is C18H17BrN4O2. The fourth-order valence-electron chi connectivity index (χ4n) is 2.95. The third-order valence-corrected chi connectivity index (χ3v) is 4.70. The van der Waals surface area contributed by atoms with Gasteiger partial charge >= 0.3 is 12.1 Å². The summed E-state index contributed by atoms with van der Waals surface area (Å²) in [4.78, 5) is 19.1. The molecule has 1 amide bonds. The lowest BCUT2D eigenvalue weighted by atomic mass is 10.1. The van der Waals surface area contributed by atoms with Crippen LogP contribution in [0.15, 0.2) is 47.1 Å². The summed E-state index contributed by atoms with van der Waals surface area (Å²) in [6.07, 6.45) is 3.08. The Bertz CT molecular complexity index is 918. The van der Waals surface area contributed by atoms with Crippen molar-refractivity contribution in [2.75, 3.05) is 6.54 Å². The number of rotatable bonds is 3. The lowest BCUT2D eigenvalue weighted by Gasteiger charge is -2.11. The van der Waals surface area contributed by atoms with E-state index in [1.54, 1.807) is 6.20 Å².